The molecule has 0 spiro atoms. The fraction of sp³-hybridized carbons (Fsp3) is 0.298. The van der Waals surface area contributed by atoms with Crippen LogP contribution in [-0.4, -0.2) is 11.3 Å². The summed E-state index contributed by atoms with van der Waals surface area (Å²) < 4.78 is 10.0. The summed E-state index contributed by atoms with van der Waals surface area (Å²) in [5, 5.41) is 2.44. The molecule has 10 rings (SSSR count). The molecule has 2 aliphatic heterocycles. The number of para-hydroxylation sites is 2. The van der Waals surface area contributed by atoms with Crippen molar-refractivity contribution in [3.63, 3.8) is 0 Å². The zero-order valence-corrected chi connectivity index (χ0v) is 39.0. The number of anilines is 6. The molecule has 62 heavy (non-hydrogen) atoms. The van der Waals surface area contributed by atoms with E-state index >= 15 is 0 Å². The molecule has 0 unspecified atom stereocenters. The predicted molar refractivity (Wildman–Crippen MR) is 267 cm³/mol. The number of hydrogen-bond donors (Lipinski definition) is 0. The smallest absolute Gasteiger partial charge is 0.297 e. The van der Waals surface area contributed by atoms with Crippen LogP contribution in [0.15, 0.2) is 132 Å². The SMILES string of the molecule is Cc1c(-n2c3ccccc3c3ccccc32)oc2c1N(c1ccc(C(C)(C)C)cc1)c1cc(C(C)(C)C)cc3c1B2c1cc(C(C)(C)C)ccc1N3c1ccc(C(C)(C)C)cc1. The van der Waals surface area contributed by atoms with Crippen molar-refractivity contribution in [2.45, 2.75) is 112 Å². The minimum Gasteiger partial charge on any atom is -0.452 e. The minimum absolute atomic E-state index is 0.0226. The second-order valence-corrected chi connectivity index (χ2v) is 22.0. The fourth-order valence-corrected chi connectivity index (χ4v) is 9.97. The van der Waals surface area contributed by atoms with Crippen LogP contribution in [0.25, 0.3) is 27.7 Å². The molecule has 312 valence electrons. The van der Waals surface area contributed by atoms with Crippen LogP contribution in [0.5, 0.6) is 0 Å². The van der Waals surface area contributed by atoms with E-state index < -0.39 is 0 Å². The largest absolute Gasteiger partial charge is 0.452 e. The van der Waals surface area contributed by atoms with Gasteiger partial charge in [-0.2, -0.15) is 0 Å². The number of aromatic nitrogens is 1. The van der Waals surface area contributed by atoms with E-state index in [4.69, 9.17) is 4.42 Å². The van der Waals surface area contributed by atoms with Gasteiger partial charge in [0.1, 0.15) is 5.66 Å². The van der Waals surface area contributed by atoms with Gasteiger partial charge in [-0.1, -0.05) is 156 Å². The Morgan fingerprint density at radius 1 is 0.452 bits per heavy atom. The van der Waals surface area contributed by atoms with Crippen LogP contribution >= 0.6 is 0 Å². The van der Waals surface area contributed by atoms with Gasteiger partial charge in [0, 0.05) is 44.8 Å². The van der Waals surface area contributed by atoms with E-state index in [1.807, 2.05) is 0 Å². The first-order chi connectivity index (χ1) is 29.2. The van der Waals surface area contributed by atoms with Crippen molar-refractivity contribution in [3.8, 4) is 5.88 Å². The molecule has 0 saturated carbocycles. The Bertz CT molecular complexity index is 3010. The lowest BCUT2D eigenvalue weighted by Gasteiger charge is -2.44. The number of fused-ring (bicyclic) bond motifs is 7. The van der Waals surface area contributed by atoms with E-state index in [2.05, 4.69) is 232 Å². The highest BCUT2D eigenvalue weighted by atomic mass is 16.4. The molecule has 0 bridgehead atoms. The third-order valence-corrected chi connectivity index (χ3v) is 13.6. The van der Waals surface area contributed by atoms with E-state index in [1.165, 1.54) is 61.0 Å². The minimum atomic E-state index is -0.156. The zero-order chi connectivity index (χ0) is 43.8. The van der Waals surface area contributed by atoms with Gasteiger partial charge >= 0.3 is 0 Å². The summed E-state index contributed by atoms with van der Waals surface area (Å²) in [6.07, 6.45) is 0. The van der Waals surface area contributed by atoms with Gasteiger partial charge in [-0.05, 0) is 116 Å². The molecule has 2 aromatic heterocycles. The molecule has 6 aromatic carbocycles. The molecule has 0 aliphatic carbocycles. The van der Waals surface area contributed by atoms with Crippen LogP contribution in [-0.2, 0) is 21.7 Å². The lowest BCUT2D eigenvalue weighted by molar-refractivity contribution is 0.573. The van der Waals surface area contributed by atoms with E-state index in [1.54, 1.807) is 0 Å². The molecule has 8 aromatic rings. The average Bonchev–Trinajstić information content (AvgIpc) is 3.73. The Labute approximate surface area is 369 Å². The van der Waals surface area contributed by atoms with Crippen molar-refractivity contribution in [2.75, 3.05) is 9.80 Å². The van der Waals surface area contributed by atoms with E-state index in [0.717, 1.165) is 45.2 Å². The Hall–Kier alpha value is -5.94. The summed E-state index contributed by atoms with van der Waals surface area (Å²) >= 11 is 0. The quantitative estimate of drug-likeness (QED) is 0.166. The van der Waals surface area contributed by atoms with Crippen LogP contribution in [0.3, 0.4) is 0 Å². The summed E-state index contributed by atoms with van der Waals surface area (Å²) in [5.41, 5.74) is 19.0. The van der Waals surface area contributed by atoms with Gasteiger partial charge in [-0.3, -0.25) is 4.57 Å². The summed E-state index contributed by atoms with van der Waals surface area (Å²) in [7, 11) is 0. The number of nitrogens with zero attached hydrogens (tertiary/aromatic N) is 3. The van der Waals surface area contributed by atoms with Gasteiger partial charge < -0.3 is 14.2 Å². The normalized spacial score (nSPS) is 14.1. The monoisotopic (exact) mass is 813 g/mol. The number of benzene rings is 6. The maximum absolute atomic E-state index is 7.65. The Kier molecular flexibility index (Phi) is 8.76. The van der Waals surface area contributed by atoms with Crippen LogP contribution in [0, 0.1) is 6.92 Å². The van der Waals surface area contributed by atoms with Gasteiger partial charge in [-0.15, -0.1) is 0 Å². The Morgan fingerprint density at radius 3 is 1.40 bits per heavy atom. The number of furan rings is 1. The predicted octanol–water partition coefficient (Wildman–Crippen LogP) is 14.0. The van der Waals surface area contributed by atoms with Crippen LogP contribution in [0.2, 0.25) is 0 Å². The van der Waals surface area contributed by atoms with Crippen molar-refractivity contribution in [2.24, 2.45) is 0 Å². The van der Waals surface area contributed by atoms with Gasteiger partial charge in [0.25, 0.3) is 6.71 Å². The lowest BCUT2D eigenvalue weighted by Crippen LogP contribution is -2.61. The molecule has 0 atom stereocenters. The molecule has 4 nitrogen and oxygen atoms in total. The van der Waals surface area contributed by atoms with Crippen LogP contribution < -0.4 is 26.4 Å². The third-order valence-electron chi connectivity index (χ3n) is 13.6. The number of hydrogen-bond acceptors (Lipinski definition) is 3. The molecule has 2 aliphatic rings. The van der Waals surface area contributed by atoms with E-state index in [-0.39, 0.29) is 28.4 Å². The molecular formula is C57H60BN3O. The highest BCUT2D eigenvalue weighted by Crippen LogP contribution is 2.49. The Balaban J connectivity index is 1.34. The second-order valence-electron chi connectivity index (χ2n) is 22.0. The van der Waals surface area contributed by atoms with Crippen molar-refractivity contribution in [1.82, 2.24) is 4.57 Å². The summed E-state index contributed by atoms with van der Waals surface area (Å²) in [4.78, 5) is 5.07. The van der Waals surface area contributed by atoms with Crippen LogP contribution in [0.4, 0.5) is 34.1 Å². The molecule has 0 amide bonds. The average molecular weight is 814 g/mol. The maximum atomic E-state index is 7.65. The van der Waals surface area contributed by atoms with Gasteiger partial charge in [0.15, 0.2) is 0 Å². The molecular weight excluding hydrogens is 753 g/mol. The Morgan fingerprint density at radius 2 is 0.903 bits per heavy atom. The van der Waals surface area contributed by atoms with Gasteiger partial charge in [-0.25, -0.2) is 0 Å². The molecule has 0 fully saturated rings. The first kappa shape index (κ1) is 40.2. The van der Waals surface area contributed by atoms with Crippen molar-refractivity contribution in [1.29, 1.82) is 0 Å². The number of rotatable bonds is 3. The highest BCUT2D eigenvalue weighted by Gasteiger charge is 2.48. The second kappa shape index (κ2) is 13.5. The maximum Gasteiger partial charge on any atom is 0.297 e. The van der Waals surface area contributed by atoms with Crippen molar-refractivity contribution in [3.05, 3.63) is 155 Å². The summed E-state index contributed by atoms with van der Waals surface area (Å²) in [6, 6.07) is 48.2. The summed E-state index contributed by atoms with van der Waals surface area (Å²) in [5.74, 6) is 0.864. The molecule has 0 saturated heterocycles. The van der Waals surface area contributed by atoms with Gasteiger partial charge in [0.2, 0.25) is 5.88 Å². The van der Waals surface area contributed by atoms with Crippen molar-refractivity contribution < 1.29 is 4.42 Å². The van der Waals surface area contributed by atoms with E-state index in [9.17, 15) is 0 Å². The molecule has 0 N–H and O–H groups in total. The molecule has 5 heteroatoms. The molecule has 4 heterocycles. The van der Waals surface area contributed by atoms with E-state index in [0.29, 0.717) is 0 Å². The summed E-state index contributed by atoms with van der Waals surface area (Å²) in [6.45, 7) is 29.9. The first-order valence-electron chi connectivity index (χ1n) is 22.5. The fourth-order valence-electron chi connectivity index (χ4n) is 9.97. The third kappa shape index (κ3) is 6.17. The topological polar surface area (TPSA) is 24.6 Å². The highest BCUT2D eigenvalue weighted by molar-refractivity contribution is 6.99. The first-order valence-corrected chi connectivity index (χ1v) is 22.5. The zero-order valence-electron chi connectivity index (χ0n) is 39.0. The standard InChI is InChI=1S/C57H60BN3O/c1-35-51-52(62-53(35)61-45-20-16-14-18-42(45)43-19-15-17-21-46(43)61)58-44-32-38(56(8,9)10)26-31-47(44)59(40-27-22-36(23-28-40)54(2,3)4)48-33-39(57(11,12)13)34-49(50(48)58)60(51)41-29-24-37(25-30-41)55(5,6)7/h14-34H,1-13H3. The lowest BCUT2D eigenvalue weighted by atomic mass is 9.35. The van der Waals surface area contributed by atoms with Crippen LogP contribution in [0.1, 0.15) is 111 Å². The van der Waals surface area contributed by atoms with Crippen molar-refractivity contribution >= 4 is 79.2 Å². The van der Waals surface area contributed by atoms with Gasteiger partial charge in [0.05, 0.1) is 16.7 Å². The molecule has 0 radical (unpaired) electrons.